The Morgan fingerprint density at radius 1 is 1.17 bits per heavy atom. The Hall–Kier alpha value is -2.60. The third kappa shape index (κ3) is 4.70. The second-order valence-electron chi connectivity index (χ2n) is 7.92. The number of rotatable bonds is 6. The zero-order valence-corrected chi connectivity index (χ0v) is 18.4. The van der Waals surface area contributed by atoms with E-state index in [0.29, 0.717) is 16.1 Å². The van der Waals surface area contributed by atoms with Crippen LogP contribution in [0.25, 0.3) is 16.6 Å². The van der Waals surface area contributed by atoms with Gasteiger partial charge in [-0.2, -0.15) is 0 Å². The van der Waals surface area contributed by atoms with Gasteiger partial charge in [0.25, 0.3) is 5.56 Å². The second kappa shape index (κ2) is 8.41. The van der Waals surface area contributed by atoms with E-state index in [1.807, 2.05) is 71.0 Å². The number of thioether (sulfide) groups is 1. The fraction of sp³-hybridized carbons (Fsp3) is 0.348. The van der Waals surface area contributed by atoms with E-state index in [4.69, 9.17) is 4.98 Å². The zero-order valence-electron chi connectivity index (χ0n) is 17.6. The highest BCUT2D eigenvalue weighted by Gasteiger charge is 2.20. The van der Waals surface area contributed by atoms with Gasteiger partial charge in [-0.05, 0) is 57.9 Å². The van der Waals surface area contributed by atoms with Gasteiger partial charge in [-0.1, -0.05) is 48.5 Å². The summed E-state index contributed by atoms with van der Waals surface area (Å²) in [6.45, 7) is 10.0. The molecule has 1 aromatic heterocycles. The third-order valence-corrected chi connectivity index (χ3v) is 5.97. The van der Waals surface area contributed by atoms with E-state index in [1.165, 1.54) is 11.8 Å². The van der Waals surface area contributed by atoms with Crippen LogP contribution in [0.15, 0.2) is 52.4 Å². The average Bonchev–Trinajstić information content (AvgIpc) is 2.67. The molecule has 152 valence electrons. The van der Waals surface area contributed by atoms with Gasteiger partial charge in [0.2, 0.25) is 5.91 Å². The Kier molecular flexibility index (Phi) is 6.13. The molecule has 3 rings (SSSR count). The van der Waals surface area contributed by atoms with Gasteiger partial charge >= 0.3 is 0 Å². The van der Waals surface area contributed by atoms with Crippen LogP contribution in [-0.4, -0.2) is 26.8 Å². The van der Waals surface area contributed by atoms with Crippen molar-refractivity contribution in [2.45, 2.75) is 51.7 Å². The lowest BCUT2D eigenvalue weighted by Crippen LogP contribution is -2.43. The number of carbonyl (C=O) groups excluding carboxylic acids is 1. The molecular formula is C23H27N3O2S. The Morgan fingerprint density at radius 3 is 2.59 bits per heavy atom. The molecule has 1 amide bonds. The SMILES string of the molecule is CCC(C)(C)NC(=O)CSc1nc2ccccc2c(=O)n1-c1ccc(C)cc1C. The summed E-state index contributed by atoms with van der Waals surface area (Å²) < 4.78 is 1.63. The summed E-state index contributed by atoms with van der Waals surface area (Å²) in [5.41, 5.74) is 3.15. The molecule has 0 saturated carbocycles. The molecule has 1 N–H and O–H groups in total. The van der Waals surface area contributed by atoms with E-state index in [1.54, 1.807) is 10.6 Å². The van der Waals surface area contributed by atoms with Crippen molar-refractivity contribution in [3.05, 3.63) is 63.9 Å². The minimum Gasteiger partial charge on any atom is -0.351 e. The highest BCUT2D eigenvalue weighted by atomic mass is 32.2. The number of fused-ring (bicyclic) bond motifs is 1. The maximum absolute atomic E-state index is 13.3. The van der Waals surface area contributed by atoms with Gasteiger partial charge in [0.15, 0.2) is 5.16 Å². The summed E-state index contributed by atoms with van der Waals surface area (Å²) in [6.07, 6.45) is 0.838. The van der Waals surface area contributed by atoms with Crippen molar-refractivity contribution in [1.29, 1.82) is 0 Å². The first-order chi connectivity index (χ1) is 13.7. The molecule has 0 aliphatic heterocycles. The van der Waals surface area contributed by atoms with Crippen molar-refractivity contribution < 1.29 is 4.79 Å². The molecule has 5 nitrogen and oxygen atoms in total. The summed E-state index contributed by atoms with van der Waals surface area (Å²) in [4.78, 5) is 30.5. The van der Waals surface area contributed by atoms with Crippen LogP contribution in [-0.2, 0) is 4.79 Å². The molecule has 0 radical (unpaired) electrons. The van der Waals surface area contributed by atoms with Crippen LogP contribution >= 0.6 is 11.8 Å². The topological polar surface area (TPSA) is 64.0 Å². The van der Waals surface area contributed by atoms with Gasteiger partial charge in [-0.15, -0.1) is 0 Å². The number of benzene rings is 2. The van der Waals surface area contributed by atoms with E-state index < -0.39 is 0 Å². The first kappa shape index (κ1) is 21.1. The number of para-hydroxylation sites is 1. The zero-order chi connectivity index (χ0) is 21.2. The van der Waals surface area contributed by atoms with Crippen LogP contribution in [0.5, 0.6) is 0 Å². The number of hydrogen-bond acceptors (Lipinski definition) is 4. The minimum atomic E-state index is -0.262. The van der Waals surface area contributed by atoms with Gasteiger partial charge in [0.1, 0.15) is 0 Å². The van der Waals surface area contributed by atoms with Crippen molar-refractivity contribution in [3.8, 4) is 5.69 Å². The first-order valence-electron chi connectivity index (χ1n) is 9.75. The Labute approximate surface area is 175 Å². The third-order valence-electron chi connectivity index (χ3n) is 5.03. The molecule has 0 aliphatic carbocycles. The predicted molar refractivity (Wildman–Crippen MR) is 120 cm³/mol. The van der Waals surface area contributed by atoms with Crippen molar-refractivity contribution in [3.63, 3.8) is 0 Å². The molecule has 1 heterocycles. The standard InChI is InChI=1S/C23H27N3O2S/c1-6-23(4,5)25-20(27)14-29-22-24-18-10-8-7-9-17(18)21(28)26(22)19-12-11-15(2)13-16(19)3/h7-13H,6,14H2,1-5H3,(H,25,27). The number of nitrogens with zero attached hydrogens (tertiary/aromatic N) is 2. The number of hydrogen-bond donors (Lipinski definition) is 1. The van der Waals surface area contributed by atoms with Crippen LogP contribution in [0.2, 0.25) is 0 Å². The maximum Gasteiger partial charge on any atom is 0.266 e. The van der Waals surface area contributed by atoms with Crippen LogP contribution < -0.4 is 10.9 Å². The molecule has 0 fully saturated rings. The van der Waals surface area contributed by atoms with E-state index in [9.17, 15) is 9.59 Å². The second-order valence-corrected chi connectivity index (χ2v) is 8.86. The van der Waals surface area contributed by atoms with E-state index in [0.717, 1.165) is 23.2 Å². The highest BCUT2D eigenvalue weighted by Crippen LogP contribution is 2.24. The summed E-state index contributed by atoms with van der Waals surface area (Å²) >= 11 is 1.28. The molecule has 6 heteroatoms. The quantitative estimate of drug-likeness (QED) is 0.484. The fourth-order valence-electron chi connectivity index (χ4n) is 3.11. The number of aryl methyl sites for hydroxylation is 2. The normalized spacial score (nSPS) is 11.6. The fourth-order valence-corrected chi connectivity index (χ4v) is 3.92. The van der Waals surface area contributed by atoms with Gasteiger partial charge in [0, 0.05) is 5.54 Å². The van der Waals surface area contributed by atoms with Crippen molar-refractivity contribution in [2.24, 2.45) is 0 Å². The maximum atomic E-state index is 13.3. The lowest BCUT2D eigenvalue weighted by molar-refractivity contribution is -0.120. The van der Waals surface area contributed by atoms with Crippen LogP contribution in [0.3, 0.4) is 0 Å². The van der Waals surface area contributed by atoms with Crippen molar-refractivity contribution in [1.82, 2.24) is 14.9 Å². The average molecular weight is 410 g/mol. The predicted octanol–water partition coefficient (Wildman–Crippen LogP) is 4.40. The number of nitrogens with one attached hydrogen (secondary N) is 1. The number of amides is 1. The molecule has 0 bridgehead atoms. The number of aromatic nitrogens is 2. The molecule has 0 atom stereocenters. The monoisotopic (exact) mass is 409 g/mol. The summed E-state index contributed by atoms with van der Waals surface area (Å²) in [5.74, 6) is 0.121. The highest BCUT2D eigenvalue weighted by molar-refractivity contribution is 7.99. The van der Waals surface area contributed by atoms with Crippen molar-refractivity contribution in [2.75, 3.05) is 5.75 Å². The van der Waals surface area contributed by atoms with E-state index in [-0.39, 0.29) is 22.8 Å². The van der Waals surface area contributed by atoms with Gasteiger partial charge in [-0.25, -0.2) is 4.98 Å². The number of carbonyl (C=O) groups is 1. The molecule has 0 aliphatic rings. The molecule has 3 aromatic rings. The Balaban J connectivity index is 2.06. The molecule has 2 aromatic carbocycles. The smallest absolute Gasteiger partial charge is 0.266 e. The molecular weight excluding hydrogens is 382 g/mol. The largest absolute Gasteiger partial charge is 0.351 e. The Bertz CT molecular complexity index is 1120. The summed E-state index contributed by atoms with van der Waals surface area (Å²) in [6, 6.07) is 13.3. The van der Waals surface area contributed by atoms with Gasteiger partial charge < -0.3 is 5.32 Å². The first-order valence-corrected chi connectivity index (χ1v) is 10.7. The molecule has 0 saturated heterocycles. The molecule has 29 heavy (non-hydrogen) atoms. The van der Waals surface area contributed by atoms with Crippen LogP contribution in [0, 0.1) is 13.8 Å². The van der Waals surface area contributed by atoms with E-state index in [2.05, 4.69) is 5.32 Å². The molecule has 0 unspecified atom stereocenters. The van der Waals surface area contributed by atoms with Gasteiger partial charge in [-0.3, -0.25) is 14.2 Å². The lowest BCUT2D eigenvalue weighted by atomic mass is 10.0. The van der Waals surface area contributed by atoms with E-state index >= 15 is 0 Å². The summed E-state index contributed by atoms with van der Waals surface area (Å²) in [5, 5.41) is 4.11. The lowest BCUT2D eigenvalue weighted by Gasteiger charge is -2.24. The minimum absolute atomic E-state index is 0.0727. The van der Waals surface area contributed by atoms with Crippen molar-refractivity contribution >= 4 is 28.6 Å². The van der Waals surface area contributed by atoms with Crippen LogP contribution in [0.4, 0.5) is 0 Å². The van der Waals surface area contributed by atoms with Crippen LogP contribution in [0.1, 0.15) is 38.3 Å². The van der Waals surface area contributed by atoms with Gasteiger partial charge in [0.05, 0.1) is 22.3 Å². The molecule has 0 spiro atoms. The Morgan fingerprint density at radius 2 is 1.90 bits per heavy atom. The summed E-state index contributed by atoms with van der Waals surface area (Å²) in [7, 11) is 0.